The number of nitrogens with zero attached hydrogens (tertiary/aromatic N) is 1. The van der Waals surface area contributed by atoms with E-state index in [0.29, 0.717) is 12.2 Å². The predicted molar refractivity (Wildman–Crippen MR) is 48.9 cm³/mol. The number of likely N-dealkylation sites (N-methyl/N-ethyl adjacent to an activating group) is 1. The molecule has 1 fully saturated rings. The van der Waals surface area contributed by atoms with Gasteiger partial charge in [-0.15, -0.1) is 0 Å². The van der Waals surface area contributed by atoms with Crippen LogP contribution in [-0.2, 0) is 4.74 Å². The summed E-state index contributed by atoms with van der Waals surface area (Å²) in [5, 5.41) is 0. The molecule has 11 heavy (non-hydrogen) atoms. The summed E-state index contributed by atoms with van der Waals surface area (Å²) >= 11 is 0. The molecule has 0 aliphatic carbocycles. The van der Waals surface area contributed by atoms with Gasteiger partial charge in [0.05, 0.1) is 12.2 Å². The fourth-order valence-corrected chi connectivity index (χ4v) is 1.11. The topological polar surface area (TPSA) is 12.5 Å². The van der Waals surface area contributed by atoms with Crippen LogP contribution in [0.25, 0.3) is 0 Å². The van der Waals surface area contributed by atoms with Crippen LogP contribution < -0.4 is 0 Å². The van der Waals surface area contributed by atoms with Crippen molar-refractivity contribution < 1.29 is 4.74 Å². The smallest absolute Gasteiger partial charge is 0.0831 e. The Balaban J connectivity index is 0.000000461. The van der Waals surface area contributed by atoms with E-state index in [2.05, 4.69) is 25.8 Å². The second kappa shape index (κ2) is 5.56. The normalized spacial score (nSPS) is 19.1. The first-order chi connectivity index (χ1) is 5.18. The van der Waals surface area contributed by atoms with Crippen molar-refractivity contribution in [2.45, 2.75) is 39.9 Å². The van der Waals surface area contributed by atoms with Crippen LogP contribution in [0.2, 0.25) is 0 Å². The number of likely N-dealkylation sites (tertiary alicyclic amines) is 1. The number of hydrogen-bond donors (Lipinski definition) is 0. The SMILES string of the molecule is CC.CC(C)OC1CN(C)C1. The van der Waals surface area contributed by atoms with Crippen molar-refractivity contribution in [3.05, 3.63) is 0 Å². The van der Waals surface area contributed by atoms with Gasteiger partial charge in [-0.05, 0) is 20.9 Å². The summed E-state index contributed by atoms with van der Waals surface area (Å²) in [4.78, 5) is 2.26. The summed E-state index contributed by atoms with van der Waals surface area (Å²) in [6.45, 7) is 10.4. The van der Waals surface area contributed by atoms with Gasteiger partial charge in [-0.1, -0.05) is 13.8 Å². The molecule has 2 nitrogen and oxygen atoms in total. The van der Waals surface area contributed by atoms with E-state index >= 15 is 0 Å². The van der Waals surface area contributed by atoms with Crippen molar-refractivity contribution in [2.75, 3.05) is 20.1 Å². The summed E-state index contributed by atoms with van der Waals surface area (Å²) in [6.07, 6.45) is 0.902. The standard InChI is InChI=1S/C7H15NO.C2H6/c1-6(2)9-7-4-8(3)5-7;1-2/h6-7H,4-5H2,1-3H3;1-2H3. The summed E-state index contributed by atoms with van der Waals surface area (Å²) in [5.41, 5.74) is 0. The molecule has 0 saturated carbocycles. The minimum Gasteiger partial charge on any atom is -0.373 e. The Hall–Kier alpha value is -0.0800. The molecular formula is C9H21NO. The molecule has 0 aromatic rings. The zero-order valence-corrected chi connectivity index (χ0v) is 8.42. The van der Waals surface area contributed by atoms with Crippen molar-refractivity contribution in [1.82, 2.24) is 4.90 Å². The van der Waals surface area contributed by atoms with Crippen molar-refractivity contribution in [3.8, 4) is 0 Å². The molecule has 1 rings (SSSR count). The first kappa shape index (κ1) is 10.9. The summed E-state index contributed by atoms with van der Waals surface area (Å²) in [5.74, 6) is 0. The van der Waals surface area contributed by atoms with Gasteiger partial charge in [-0.3, -0.25) is 0 Å². The quantitative estimate of drug-likeness (QED) is 0.608. The molecule has 1 saturated heterocycles. The fraction of sp³-hybridized carbons (Fsp3) is 1.00. The van der Waals surface area contributed by atoms with Gasteiger partial charge in [-0.25, -0.2) is 0 Å². The molecule has 0 aromatic heterocycles. The lowest BCUT2D eigenvalue weighted by Crippen LogP contribution is -2.50. The first-order valence-corrected chi connectivity index (χ1v) is 4.52. The molecular weight excluding hydrogens is 138 g/mol. The Bertz CT molecular complexity index is 87.6. The van der Waals surface area contributed by atoms with Crippen LogP contribution in [0.15, 0.2) is 0 Å². The van der Waals surface area contributed by atoms with Crippen molar-refractivity contribution >= 4 is 0 Å². The van der Waals surface area contributed by atoms with Crippen LogP contribution in [0, 0.1) is 0 Å². The molecule has 0 radical (unpaired) electrons. The van der Waals surface area contributed by atoms with E-state index in [-0.39, 0.29) is 0 Å². The Morgan fingerprint density at radius 2 is 1.73 bits per heavy atom. The minimum absolute atomic E-state index is 0.392. The van der Waals surface area contributed by atoms with E-state index in [1.54, 1.807) is 0 Å². The highest BCUT2D eigenvalue weighted by atomic mass is 16.5. The average molecular weight is 159 g/mol. The van der Waals surface area contributed by atoms with Crippen molar-refractivity contribution in [3.63, 3.8) is 0 Å². The molecule has 0 amide bonds. The highest BCUT2D eigenvalue weighted by Crippen LogP contribution is 2.09. The Morgan fingerprint density at radius 3 is 2.00 bits per heavy atom. The second-order valence-electron chi connectivity index (χ2n) is 3.03. The number of hydrogen-bond acceptors (Lipinski definition) is 2. The Labute approximate surface area is 70.5 Å². The Kier molecular flexibility index (Phi) is 5.51. The molecule has 1 aliphatic rings. The zero-order chi connectivity index (χ0) is 8.85. The molecule has 2 heteroatoms. The molecule has 0 N–H and O–H groups in total. The zero-order valence-electron chi connectivity index (χ0n) is 8.42. The van der Waals surface area contributed by atoms with E-state index in [1.165, 1.54) is 0 Å². The minimum atomic E-state index is 0.392. The van der Waals surface area contributed by atoms with Gasteiger partial charge in [0.2, 0.25) is 0 Å². The van der Waals surface area contributed by atoms with Crippen LogP contribution >= 0.6 is 0 Å². The van der Waals surface area contributed by atoms with Crippen LogP contribution in [0.4, 0.5) is 0 Å². The average Bonchev–Trinajstić information content (AvgIpc) is 1.88. The second-order valence-corrected chi connectivity index (χ2v) is 3.03. The van der Waals surface area contributed by atoms with E-state index < -0.39 is 0 Å². The van der Waals surface area contributed by atoms with Gasteiger partial charge in [0.25, 0.3) is 0 Å². The molecule has 0 unspecified atom stereocenters. The van der Waals surface area contributed by atoms with Gasteiger partial charge in [0.15, 0.2) is 0 Å². The van der Waals surface area contributed by atoms with E-state index in [1.807, 2.05) is 13.8 Å². The van der Waals surface area contributed by atoms with E-state index in [4.69, 9.17) is 4.74 Å². The van der Waals surface area contributed by atoms with Gasteiger partial charge >= 0.3 is 0 Å². The lowest BCUT2D eigenvalue weighted by Gasteiger charge is -2.36. The molecule has 1 heterocycles. The van der Waals surface area contributed by atoms with Crippen LogP contribution in [-0.4, -0.2) is 37.2 Å². The van der Waals surface area contributed by atoms with Crippen LogP contribution in [0.3, 0.4) is 0 Å². The number of ether oxygens (including phenoxy) is 1. The lowest BCUT2D eigenvalue weighted by atomic mass is 10.2. The molecule has 1 aliphatic heterocycles. The predicted octanol–water partition coefficient (Wildman–Crippen LogP) is 1.75. The maximum absolute atomic E-state index is 5.51. The highest BCUT2D eigenvalue weighted by molar-refractivity contribution is 4.77. The van der Waals surface area contributed by atoms with E-state index in [9.17, 15) is 0 Å². The van der Waals surface area contributed by atoms with Gasteiger partial charge < -0.3 is 9.64 Å². The summed E-state index contributed by atoms with van der Waals surface area (Å²) in [7, 11) is 2.11. The first-order valence-electron chi connectivity index (χ1n) is 4.52. The van der Waals surface area contributed by atoms with Crippen LogP contribution in [0.5, 0.6) is 0 Å². The van der Waals surface area contributed by atoms with Crippen molar-refractivity contribution in [1.29, 1.82) is 0 Å². The Morgan fingerprint density at radius 1 is 1.27 bits per heavy atom. The third kappa shape index (κ3) is 4.38. The molecule has 0 bridgehead atoms. The summed E-state index contributed by atoms with van der Waals surface area (Å²) < 4.78 is 5.51. The van der Waals surface area contributed by atoms with E-state index in [0.717, 1.165) is 13.1 Å². The van der Waals surface area contributed by atoms with Gasteiger partial charge in [0, 0.05) is 13.1 Å². The molecule has 0 aromatic carbocycles. The third-order valence-corrected chi connectivity index (χ3v) is 1.50. The van der Waals surface area contributed by atoms with Crippen molar-refractivity contribution in [2.24, 2.45) is 0 Å². The van der Waals surface area contributed by atoms with Gasteiger partial charge in [-0.2, -0.15) is 0 Å². The monoisotopic (exact) mass is 159 g/mol. The summed E-state index contributed by atoms with van der Waals surface area (Å²) in [6, 6.07) is 0. The fourth-order valence-electron chi connectivity index (χ4n) is 1.11. The highest BCUT2D eigenvalue weighted by Gasteiger charge is 2.24. The van der Waals surface area contributed by atoms with Gasteiger partial charge in [0.1, 0.15) is 0 Å². The largest absolute Gasteiger partial charge is 0.373 e. The molecule has 0 atom stereocenters. The maximum Gasteiger partial charge on any atom is 0.0831 e. The number of rotatable bonds is 2. The third-order valence-electron chi connectivity index (χ3n) is 1.50. The molecule has 0 spiro atoms. The maximum atomic E-state index is 5.51. The lowest BCUT2D eigenvalue weighted by molar-refractivity contribution is -0.0712. The molecule has 68 valence electrons. The van der Waals surface area contributed by atoms with Crippen LogP contribution in [0.1, 0.15) is 27.7 Å².